The molecule has 3 N–H and O–H groups in total. The van der Waals surface area contributed by atoms with Crippen LogP contribution in [0.15, 0.2) is 16.7 Å². The molecule has 2 heterocycles. The van der Waals surface area contributed by atoms with E-state index in [9.17, 15) is 0 Å². The number of ether oxygens (including phenoxy) is 1. The zero-order valence-corrected chi connectivity index (χ0v) is 10.3. The van der Waals surface area contributed by atoms with Crippen LogP contribution in [0.2, 0.25) is 0 Å². The summed E-state index contributed by atoms with van der Waals surface area (Å²) in [4.78, 5) is 8.32. The number of nitrogens with two attached hydrogens (primary N) is 1. The number of anilines is 2. The van der Waals surface area contributed by atoms with Crippen LogP contribution >= 0.6 is 0 Å². The minimum Gasteiger partial charge on any atom is -0.476 e. The molecule has 0 fully saturated rings. The van der Waals surface area contributed by atoms with Crippen molar-refractivity contribution in [2.75, 3.05) is 17.7 Å². The minimum absolute atomic E-state index is 0.423. The maximum atomic E-state index is 5.73. The summed E-state index contributed by atoms with van der Waals surface area (Å²) in [7, 11) is 0. The molecule has 0 saturated heterocycles. The molecule has 96 valence electrons. The van der Waals surface area contributed by atoms with Gasteiger partial charge in [-0.05, 0) is 19.1 Å². The minimum atomic E-state index is 0.423. The van der Waals surface area contributed by atoms with Crippen molar-refractivity contribution in [1.29, 1.82) is 0 Å². The lowest BCUT2D eigenvalue weighted by Crippen LogP contribution is -2.05. The maximum Gasteiger partial charge on any atom is 0.239 e. The molecule has 0 unspecified atom stereocenters. The molecule has 0 aliphatic heterocycles. The lowest BCUT2D eigenvalue weighted by Gasteiger charge is -2.08. The highest BCUT2D eigenvalue weighted by atomic mass is 16.5. The highest BCUT2D eigenvalue weighted by Crippen LogP contribution is 2.20. The predicted molar refractivity (Wildman–Crippen MR) is 66.2 cm³/mol. The first-order chi connectivity index (χ1) is 8.69. The van der Waals surface area contributed by atoms with Crippen LogP contribution in [0.4, 0.5) is 11.5 Å². The molecule has 0 amide bonds. The van der Waals surface area contributed by atoms with Gasteiger partial charge in [-0.2, -0.15) is 9.97 Å². The average Bonchev–Trinajstić information content (AvgIpc) is 2.76. The summed E-state index contributed by atoms with van der Waals surface area (Å²) in [5.41, 5.74) is 6.24. The van der Waals surface area contributed by atoms with Crippen molar-refractivity contribution in [3.63, 3.8) is 0 Å². The Kier molecular flexibility index (Phi) is 3.61. The number of nitrogens with one attached hydrogen (secondary N) is 1. The summed E-state index contributed by atoms with van der Waals surface area (Å²) in [5, 5.41) is 6.84. The van der Waals surface area contributed by atoms with Gasteiger partial charge >= 0.3 is 0 Å². The Hall–Kier alpha value is -2.31. The standard InChI is InChI=1S/C11H15N5O2/c1-3-17-11-8(12)4-5-9(15-11)13-6-10-14-7(2)18-16-10/h4-5H,3,6,12H2,1-2H3,(H,13,15). The second kappa shape index (κ2) is 5.35. The van der Waals surface area contributed by atoms with Crippen molar-refractivity contribution in [3.8, 4) is 5.88 Å². The monoisotopic (exact) mass is 249 g/mol. The van der Waals surface area contributed by atoms with Gasteiger partial charge in [0.1, 0.15) is 5.82 Å². The Morgan fingerprint density at radius 2 is 2.22 bits per heavy atom. The molecular formula is C11H15N5O2. The summed E-state index contributed by atoms with van der Waals surface area (Å²) in [6.07, 6.45) is 0. The van der Waals surface area contributed by atoms with Crippen molar-refractivity contribution in [2.45, 2.75) is 20.4 Å². The van der Waals surface area contributed by atoms with E-state index in [0.29, 0.717) is 42.3 Å². The fourth-order valence-corrected chi connectivity index (χ4v) is 1.38. The molecule has 0 spiro atoms. The zero-order valence-electron chi connectivity index (χ0n) is 10.3. The zero-order chi connectivity index (χ0) is 13.0. The topological polar surface area (TPSA) is 99.1 Å². The number of nitrogen functional groups attached to an aromatic ring is 1. The largest absolute Gasteiger partial charge is 0.476 e. The summed E-state index contributed by atoms with van der Waals surface area (Å²) < 4.78 is 10.2. The van der Waals surface area contributed by atoms with Crippen LogP contribution in [-0.4, -0.2) is 21.7 Å². The third kappa shape index (κ3) is 2.88. The fraction of sp³-hybridized carbons (Fsp3) is 0.364. The lowest BCUT2D eigenvalue weighted by molar-refractivity contribution is 0.329. The van der Waals surface area contributed by atoms with Crippen molar-refractivity contribution < 1.29 is 9.26 Å². The van der Waals surface area contributed by atoms with Gasteiger partial charge in [0.25, 0.3) is 0 Å². The van der Waals surface area contributed by atoms with Gasteiger partial charge in [-0.25, -0.2) is 0 Å². The van der Waals surface area contributed by atoms with Gasteiger partial charge in [0.15, 0.2) is 5.82 Å². The molecular weight excluding hydrogens is 234 g/mol. The number of rotatable bonds is 5. The van der Waals surface area contributed by atoms with E-state index in [1.807, 2.05) is 6.92 Å². The third-order valence-corrected chi connectivity index (χ3v) is 2.17. The van der Waals surface area contributed by atoms with E-state index in [-0.39, 0.29) is 0 Å². The molecule has 18 heavy (non-hydrogen) atoms. The highest BCUT2D eigenvalue weighted by molar-refractivity contribution is 5.53. The van der Waals surface area contributed by atoms with Gasteiger partial charge in [0.05, 0.1) is 18.8 Å². The fourth-order valence-electron chi connectivity index (χ4n) is 1.38. The van der Waals surface area contributed by atoms with E-state index in [2.05, 4.69) is 20.4 Å². The quantitative estimate of drug-likeness (QED) is 0.825. The van der Waals surface area contributed by atoms with Crippen molar-refractivity contribution in [3.05, 3.63) is 23.8 Å². The van der Waals surface area contributed by atoms with E-state index in [1.165, 1.54) is 0 Å². The molecule has 7 nitrogen and oxygen atoms in total. The number of aromatic nitrogens is 3. The van der Waals surface area contributed by atoms with Crippen LogP contribution in [0, 0.1) is 6.92 Å². The van der Waals surface area contributed by atoms with Crippen LogP contribution in [0.5, 0.6) is 5.88 Å². The Morgan fingerprint density at radius 1 is 1.39 bits per heavy atom. The molecule has 0 aliphatic rings. The van der Waals surface area contributed by atoms with Gasteiger partial charge in [-0.3, -0.25) is 0 Å². The first kappa shape index (κ1) is 12.2. The van der Waals surface area contributed by atoms with E-state index in [1.54, 1.807) is 19.1 Å². The van der Waals surface area contributed by atoms with Gasteiger partial charge in [-0.15, -0.1) is 0 Å². The first-order valence-corrected chi connectivity index (χ1v) is 5.61. The van der Waals surface area contributed by atoms with Crippen molar-refractivity contribution in [1.82, 2.24) is 15.1 Å². The number of nitrogens with zero attached hydrogens (tertiary/aromatic N) is 3. The SMILES string of the molecule is CCOc1nc(NCc2noc(C)n2)ccc1N. The summed E-state index contributed by atoms with van der Waals surface area (Å²) in [6, 6.07) is 3.51. The molecule has 0 atom stereocenters. The third-order valence-electron chi connectivity index (χ3n) is 2.17. The molecule has 7 heteroatoms. The summed E-state index contributed by atoms with van der Waals surface area (Å²) in [6.45, 7) is 4.57. The van der Waals surface area contributed by atoms with Crippen molar-refractivity contribution in [2.24, 2.45) is 0 Å². The summed E-state index contributed by atoms with van der Waals surface area (Å²) in [5.74, 6) is 2.18. The number of hydrogen-bond acceptors (Lipinski definition) is 7. The van der Waals surface area contributed by atoms with Gasteiger partial charge in [-0.1, -0.05) is 5.16 Å². The van der Waals surface area contributed by atoms with E-state index >= 15 is 0 Å². The molecule has 2 aromatic heterocycles. The number of aryl methyl sites for hydroxylation is 1. The smallest absolute Gasteiger partial charge is 0.239 e. The van der Waals surface area contributed by atoms with Crippen LogP contribution in [-0.2, 0) is 6.54 Å². The highest BCUT2D eigenvalue weighted by Gasteiger charge is 2.05. The van der Waals surface area contributed by atoms with E-state index in [0.717, 1.165) is 0 Å². The second-order valence-corrected chi connectivity index (χ2v) is 3.61. The molecule has 2 rings (SSSR count). The van der Waals surface area contributed by atoms with E-state index < -0.39 is 0 Å². The Morgan fingerprint density at radius 3 is 2.89 bits per heavy atom. The normalized spacial score (nSPS) is 10.3. The molecule has 0 aromatic carbocycles. The average molecular weight is 249 g/mol. The molecule has 0 aliphatic carbocycles. The predicted octanol–water partition coefficient (Wildman–Crippen LogP) is 1.37. The van der Waals surface area contributed by atoms with Crippen LogP contribution in [0.1, 0.15) is 18.6 Å². The first-order valence-electron chi connectivity index (χ1n) is 5.61. The number of hydrogen-bond donors (Lipinski definition) is 2. The molecule has 0 bridgehead atoms. The van der Waals surface area contributed by atoms with Crippen molar-refractivity contribution >= 4 is 11.5 Å². The van der Waals surface area contributed by atoms with Crippen LogP contribution in [0.25, 0.3) is 0 Å². The van der Waals surface area contributed by atoms with Gasteiger partial charge < -0.3 is 20.3 Å². The Balaban J connectivity index is 2.03. The number of pyridine rings is 1. The lowest BCUT2D eigenvalue weighted by atomic mass is 10.4. The summed E-state index contributed by atoms with van der Waals surface area (Å²) >= 11 is 0. The van der Waals surface area contributed by atoms with Gasteiger partial charge in [0, 0.05) is 6.92 Å². The van der Waals surface area contributed by atoms with Crippen LogP contribution in [0.3, 0.4) is 0 Å². The second-order valence-electron chi connectivity index (χ2n) is 3.61. The van der Waals surface area contributed by atoms with E-state index in [4.69, 9.17) is 15.0 Å². The molecule has 2 aromatic rings. The Labute approximate surface area is 104 Å². The molecule has 0 saturated carbocycles. The van der Waals surface area contributed by atoms with Gasteiger partial charge in [0.2, 0.25) is 11.8 Å². The maximum absolute atomic E-state index is 5.73. The molecule has 0 radical (unpaired) electrons. The van der Waals surface area contributed by atoms with Crippen LogP contribution < -0.4 is 15.8 Å². The Bertz CT molecular complexity index is 526.